The molecular formula is C13H16FNS. The third kappa shape index (κ3) is 2.25. The molecule has 0 saturated heterocycles. The Balaban J connectivity index is 2.26. The van der Waals surface area contributed by atoms with E-state index in [0.29, 0.717) is 0 Å². The van der Waals surface area contributed by atoms with Crippen molar-refractivity contribution >= 4 is 21.4 Å². The fourth-order valence-corrected chi connectivity index (χ4v) is 2.96. The Morgan fingerprint density at radius 2 is 2.12 bits per heavy atom. The van der Waals surface area contributed by atoms with Crippen molar-refractivity contribution in [2.75, 3.05) is 6.54 Å². The number of thiophene rings is 1. The molecule has 2 unspecified atom stereocenters. The average molecular weight is 237 g/mol. The van der Waals surface area contributed by atoms with Crippen LogP contribution < -0.4 is 5.32 Å². The summed E-state index contributed by atoms with van der Waals surface area (Å²) in [6.45, 7) is 4.68. The minimum absolute atomic E-state index is 0.127. The smallest absolute Gasteiger partial charge is 0.149 e. The molecule has 1 N–H and O–H groups in total. The number of fused-ring (bicyclic) bond motifs is 1. The number of likely N-dealkylation sites (N-methyl/N-ethyl adjacent to an activating group) is 1. The van der Waals surface area contributed by atoms with E-state index in [4.69, 9.17) is 0 Å². The molecule has 0 aliphatic rings. The minimum atomic E-state index is -0.919. The van der Waals surface area contributed by atoms with Crippen molar-refractivity contribution in [3.05, 3.63) is 35.2 Å². The zero-order valence-corrected chi connectivity index (χ0v) is 10.4. The van der Waals surface area contributed by atoms with Crippen LogP contribution in [0.1, 0.15) is 24.9 Å². The molecule has 1 aromatic heterocycles. The highest BCUT2D eigenvalue weighted by Gasteiger charge is 2.19. The molecule has 0 spiro atoms. The molecule has 0 bridgehead atoms. The first kappa shape index (κ1) is 11.6. The second-order valence-corrected chi connectivity index (χ2v) is 5.05. The molecule has 1 aromatic carbocycles. The Labute approximate surface area is 99.3 Å². The maximum absolute atomic E-state index is 14.1. The molecule has 1 heterocycles. The van der Waals surface area contributed by atoms with Gasteiger partial charge in [-0.15, -0.1) is 11.3 Å². The zero-order valence-electron chi connectivity index (χ0n) is 9.53. The van der Waals surface area contributed by atoms with E-state index in [-0.39, 0.29) is 6.04 Å². The Hall–Kier alpha value is -0.930. The lowest BCUT2D eigenvalue weighted by Crippen LogP contribution is -2.29. The van der Waals surface area contributed by atoms with Crippen molar-refractivity contribution in [1.82, 2.24) is 5.32 Å². The van der Waals surface area contributed by atoms with Gasteiger partial charge in [0.25, 0.3) is 0 Å². The topological polar surface area (TPSA) is 12.0 Å². The molecule has 0 aliphatic carbocycles. The number of alkyl halides is 1. The Morgan fingerprint density at radius 1 is 1.38 bits per heavy atom. The molecule has 2 rings (SSSR count). The number of benzene rings is 1. The fourth-order valence-electron chi connectivity index (χ4n) is 1.81. The van der Waals surface area contributed by atoms with Gasteiger partial charge in [0.1, 0.15) is 6.17 Å². The lowest BCUT2D eigenvalue weighted by molar-refractivity contribution is 0.273. The van der Waals surface area contributed by atoms with Crippen molar-refractivity contribution in [2.24, 2.45) is 0 Å². The van der Waals surface area contributed by atoms with E-state index in [9.17, 15) is 4.39 Å². The van der Waals surface area contributed by atoms with Crippen LogP contribution in [0, 0.1) is 0 Å². The minimum Gasteiger partial charge on any atom is -0.311 e. The van der Waals surface area contributed by atoms with Crippen LogP contribution in [0.3, 0.4) is 0 Å². The summed E-state index contributed by atoms with van der Waals surface area (Å²) in [5.41, 5.74) is 0. The van der Waals surface area contributed by atoms with Crippen LogP contribution in [0.4, 0.5) is 4.39 Å². The van der Waals surface area contributed by atoms with Crippen LogP contribution in [-0.2, 0) is 0 Å². The average Bonchev–Trinajstić information content (AvgIpc) is 2.71. The summed E-state index contributed by atoms with van der Waals surface area (Å²) in [6.07, 6.45) is -0.919. The van der Waals surface area contributed by atoms with Crippen LogP contribution in [0.25, 0.3) is 10.1 Å². The normalized spacial score (nSPS) is 15.2. The standard InChI is InChI=1S/C13H16FNS/c1-3-15-9(2)13(14)12-8-10-6-4-5-7-11(10)16-12/h4-9,13,15H,3H2,1-2H3. The predicted molar refractivity (Wildman–Crippen MR) is 68.8 cm³/mol. The lowest BCUT2D eigenvalue weighted by atomic mass is 10.1. The maximum atomic E-state index is 14.1. The van der Waals surface area contributed by atoms with Crippen molar-refractivity contribution in [3.63, 3.8) is 0 Å². The highest BCUT2D eigenvalue weighted by atomic mass is 32.1. The predicted octanol–water partition coefficient (Wildman–Crippen LogP) is 3.91. The van der Waals surface area contributed by atoms with Crippen LogP contribution in [0.2, 0.25) is 0 Å². The van der Waals surface area contributed by atoms with Gasteiger partial charge in [-0.25, -0.2) is 4.39 Å². The summed E-state index contributed by atoms with van der Waals surface area (Å²) in [5, 5.41) is 4.25. The molecule has 1 nitrogen and oxygen atoms in total. The molecule has 0 saturated carbocycles. The summed E-state index contributed by atoms with van der Waals surface area (Å²) >= 11 is 1.54. The molecule has 0 aliphatic heterocycles. The van der Waals surface area contributed by atoms with Crippen LogP contribution in [0.15, 0.2) is 30.3 Å². The summed E-state index contributed by atoms with van der Waals surface area (Å²) in [7, 11) is 0. The van der Waals surface area contributed by atoms with E-state index in [1.54, 1.807) is 11.3 Å². The first-order valence-corrected chi connectivity index (χ1v) is 6.40. The highest BCUT2D eigenvalue weighted by Crippen LogP contribution is 2.33. The molecule has 16 heavy (non-hydrogen) atoms. The molecule has 0 radical (unpaired) electrons. The Bertz CT molecular complexity index is 433. The first-order chi connectivity index (χ1) is 7.72. The SMILES string of the molecule is CCNC(C)C(F)c1cc2ccccc2s1. The van der Waals surface area contributed by atoms with E-state index >= 15 is 0 Å². The van der Waals surface area contributed by atoms with Crippen molar-refractivity contribution < 1.29 is 4.39 Å². The van der Waals surface area contributed by atoms with E-state index in [1.165, 1.54) is 0 Å². The number of hydrogen-bond donors (Lipinski definition) is 1. The molecule has 0 amide bonds. The summed E-state index contributed by atoms with van der Waals surface area (Å²) in [4.78, 5) is 0.814. The number of nitrogens with one attached hydrogen (secondary N) is 1. The van der Waals surface area contributed by atoms with Gasteiger partial charge in [-0.1, -0.05) is 25.1 Å². The van der Waals surface area contributed by atoms with Crippen molar-refractivity contribution in [3.8, 4) is 0 Å². The van der Waals surface area contributed by atoms with E-state index in [1.807, 2.05) is 44.2 Å². The Morgan fingerprint density at radius 3 is 2.81 bits per heavy atom. The van der Waals surface area contributed by atoms with Gasteiger partial charge in [-0.3, -0.25) is 0 Å². The number of rotatable bonds is 4. The van der Waals surface area contributed by atoms with Gasteiger partial charge in [0.05, 0.1) is 0 Å². The third-order valence-electron chi connectivity index (χ3n) is 2.68. The van der Waals surface area contributed by atoms with Crippen molar-refractivity contribution in [1.29, 1.82) is 0 Å². The molecule has 3 heteroatoms. The van der Waals surface area contributed by atoms with Gasteiger partial charge in [0, 0.05) is 15.6 Å². The molecular weight excluding hydrogens is 221 g/mol. The summed E-state index contributed by atoms with van der Waals surface area (Å²) in [5.74, 6) is 0. The zero-order chi connectivity index (χ0) is 11.5. The van der Waals surface area contributed by atoms with Gasteiger partial charge in [-0.2, -0.15) is 0 Å². The highest BCUT2D eigenvalue weighted by molar-refractivity contribution is 7.19. The number of hydrogen-bond acceptors (Lipinski definition) is 2. The maximum Gasteiger partial charge on any atom is 0.149 e. The largest absolute Gasteiger partial charge is 0.311 e. The second kappa shape index (κ2) is 4.93. The second-order valence-electron chi connectivity index (χ2n) is 3.93. The molecule has 86 valence electrons. The fraction of sp³-hybridized carbons (Fsp3) is 0.385. The lowest BCUT2D eigenvalue weighted by Gasteiger charge is -2.15. The molecule has 2 atom stereocenters. The quantitative estimate of drug-likeness (QED) is 0.850. The van der Waals surface area contributed by atoms with Crippen LogP contribution in [0.5, 0.6) is 0 Å². The van der Waals surface area contributed by atoms with Gasteiger partial charge in [0.2, 0.25) is 0 Å². The molecule has 2 aromatic rings. The van der Waals surface area contributed by atoms with Gasteiger partial charge in [-0.05, 0) is 31.0 Å². The van der Waals surface area contributed by atoms with Crippen LogP contribution in [-0.4, -0.2) is 12.6 Å². The van der Waals surface area contributed by atoms with E-state index in [2.05, 4.69) is 5.32 Å². The third-order valence-corrected chi connectivity index (χ3v) is 3.85. The van der Waals surface area contributed by atoms with Gasteiger partial charge >= 0.3 is 0 Å². The summed E-state index contributed by atoms with van der Waals surface area (Å²) in [6, 6.07) is 9.87. The first-order valence-electron chi connectivity index (χ1n) is 5.58. The summed E-state index contributed by atoms with van der Waals surface area (Å²) < 4.78 is 15.3. The van der Waals surface area contributed by atoms with E-state index in [0.717, 1.165) is 21.5 Å². The Kier molecular flexibility index (Phi) is 3.56. The van der Waals surface area contributed by atoms with Crippen LogP contribution >= 0.6 is 11.3 Å². The van der Waals surface area contributed by atoms with Crippen molar-refractivity contribution in [2.45, 2.75) is 26.1 Å². The number of halogens is 1. The van der Waals surface area contributed by atoms with Gasteiger partial charge in [0.15, 0.2) is 0 Å². The van der Waals surface area contributed by atoms with Gasteiger partial charge < -0.3 is 5.32 Å². The molecule has 0 fully saturated rings. The monoisotopic (exact) mass is 237 g/mol. The van der Waals surface area contributed by atoms with E-state index < -0.39 is 6.17 Å².